The van der Waals surface area contributed by atoms with Crippen LogP contribution in [0.4, 0.5) is 0 Å². The standard InChI is InChI=1S/C12H22N2O/c1-8-7-11(8)12(15)14-5-3-10(4-6-14)9(2)13/h8-11H,3-7,13H2,1-2H3. The third-order valence-electron chi connectivity index (χ3n) is 4.02. The number of rotatable bonds is 2. The molecule has 1 aliphatic heterocycles. The van der Waals surface area contributed by atoms with Crippen molar-refractivity contribution in [1.82, 2.24) is 4.90 Å². The van der Waals surface area contributed by atoms with Crippen molar-refractivity contribution < 1.29 is 4.79 Å². The number of nitrogens with two attached hydrogens (primary N) is 1. The van der Waals surface area contributed by atoms with E-state index in [1.807, 2.05) is 4.90 Å². The molecule has 1 amide bonds. The van der Waals surface area contributed by atoms with Crippen LogP contribution in [0.3, 0.4) is 0 Å². The Morgan fingerprint density at radius 3 is 2.33 bits per heavy atom. The molecule has 1 saturated carbocycles. The fourth-order valence-electron chi connectivity index (χ4n) is 2.55. The Hall–Kier alpha value is -0.570. The highest BCUT2D eigenvalue weighted by Gasteiger charge is 2.42. The molecule has 0 bridgehead atoms. The van der Waals surface area contributed by atoms with E-state index < -0.39 is 0 Å². The summed E-state index contributed by atoms with van der Waals surface area (Å²) in [4.78, 5) is 14.0. The quantitative estimate of drug-likeness (QED) is 0.745. The van der Waals surface area contributed by atoms with E-state index in [0.29, 0.717) is 23.7 Å². The second-order valence-corrected chi connectivity index (χ2v) is 5.34. The normalized spacial score (nSPS) is 33.9. The van der Waals surface area contributed by atoms with Gasteiger partial charge in [0.2, 0.25) is 5.91 Å². The molecule has 2 fully saturated rings. The molecule has 0 radical (unpaired) electrons. The van der Waals surface area contributed by atoms with Gasteiger partial charge in [0.05, 0.1) is 0 Å². The first-order chi connectivity index (χ1) is 7.09. The Labute approximate surface area is 92.0 Å². The Bertz CT molecular complexity index is 244. The zero-order chi connectivity index (χ0) is 11.0. The molecule has 1 saturated heterocycles. The Morgan fingerprint density at radius 1 is 1.40 bits per heavy atom. The van der Waals surface area contributed by atoms with Gasteiger partial charge in [-0.2, -0.15) is 0 Å². The molecule has 1 aliphatic carbocycles. The molecule has 3 unspecified atom stereocenters. The molecule has 86 valence electrons. The molecule has 3 heteroatoms. The summed E-state index contributed by atoms with van der Waals surface area (Å²) in [5, 5.41) is 0. The molecule has 2 aliphatic rings. The zero-order valence-corrected chi connectivity index (χ0v) is 9.78. The molecule has 15 heavy (non-hydrogen) atoms. The molecule has 0 spiro atoms. The van der Waals surface area contributed by atoms with Crippen LogP contribution >= 0.6 is 0 Å². The van der Waals surface area contributed by atoms with E-state index in [-0.39, 0.29) is 6.04 Å². The topological polar surface area (TPSA) is 46.3 Å². The van der Waals surface area contributed by atoms with Crippen LogP contribution in [0, 0.1) is 17.8 Å². The number of carbonyl (C=O) groups is 1. The average molecular weight is 210 g/mol. The van der Waals surface area contributed by atoms with E-state index in [0.717, 1.165) is 32.4 Å². The van der Waals surface area contributed by atoms with Gasteiger partial charge in [-0.15, -0.1) is 0 Å². The number of hydrogen-bond acceptors (Lipinski definition) is 2. The van der Waals surface area contributed by atoms with Crippen molar-refractivity contribution in [1.29, 1.82) is 0 Å². The SMILES string of the molecule is CC(N)C1CCN(C(=O)C2CC2C)CC1. The number of nitrogens with zero attached hydrogens (tertiary/aromatic N) is 1. The first kappa shape index (κ1) is 10.9. The summed E-state index contributed by atoms with van der Waals surface area (Å²) in [6.45, 7) is 6.09. The molecule has 0 aromatic carbocycles. The second kappa shape index (κ2) is 4.12. The van der Waals surface area contributed by atoms with Crippen LogP contribution < -0.4 is 5.73 Å². The monoisotopic (exact) mass is 210 g/mol. The first-order valence-corrected chi connectivity index (χ1v) is 6.14. The zero-order valence-electron chi connectivity index (χ0n) is 9.78. The van der Waals surface area contributed by atoms with Gasteiger partial charge in [-0.3, -0.25) is 4.79 Å². The summed E-state index contributed by atoms with van der Waals surface area (Å²) in [5.41, 5.74) is 5.88. The van der Waals surface area contributed by atoms with Crippen molar-refractivity contribution in [3.8, 4) is 0 Å². The fraction of sp³-hybridized carbons (Fsp3) is 0.917. The van der Waals surface area contributed by atoms with E-state index in [2.05, 4.69) is 13.8 Å². The second-order valence-electron chi connectivity index (χ2n) is 5.34. The van der Waals surface area contributed by atoms with Crippen LogP contribution in [0.2, 0.25) is 0 Å². The minimum atomic E-state index is 0.280. The van der Waals surface area contributed by atoms with Crippen molar-refractivity contribution in [3.05, 3.63) is 0 Å². The minimum Gasteiger partial charge on any atom is -0.342 e. The predicted octanol–water partition coefficient (Wildman–Crippen LogP) is 1.23. The average Bonchev–Trinajstić information content (AvgIpc) is 2.94. The third-order valence-corrected chi connectivity index (χ3v) is 4.02. The van der Waals surface area contributed by atoms with Gasteiger partial charge in [-0.25, -0.2) is 0 Å². The van der Waals surface area contributed by atoms with Crippen molar-refractivity contribution >= 4 is 5.91 Å². The number of hydrogen-bond donors (Lipinski definition) is 1. The summed E-state index contributed by atoms with van der Waals surface area (Å²) in [5.74, 6) is 1.98. The summed E-state index contributed by atoms with van der Waals surface area (Å²) in [6.07, 6.45) is 3.28. The summed E-state index contributed by atoms with van der Waals surface area (Å²) in [7, 11) is 0. The van der Waals surface area contributed by atoms with Gasteiger partial charge in [-0.05, 0) is 38.0 Å². The van der Waals surface area contributed by atoms with Crippen LogP contribution in [0.15, 0.2) is 0 Å². The van der Waals surface area contributed by atoms with Crippen LogP contribution in [0.5, 0.6) is 0 Å². The maximum Gasteiger partial charge on any atom is 0.225 e. The first-order valence-electron chi connectivity index (χ1n) is 6.14. The Morgan fingerprint density at radius 2 is 1.93 bits per heavy atom. The molecule has 0 aromatic rings. The van der Waals surface area contributed by atoms with Crippen LogP contribution in [-0.2, 0) is 4.79 Å². The molecule has 0 aromatic heterocycles. The summed E-state index contributed by atoms with van der Waals surface area (Å²) >= 11 is 0. The number of amides is 1. The molecule has 3 nitrogen and oxygen atoms in total. The lowest BCUT2D eigenvalue weighted by Crippen LogP contribution is -2.43. The molecular formula is C12H22N2O. The van der Waals surface area contributed by atoms with E-state index in [4.69, 9.17) is 5.73 Å². The van der Waals surface area contributed by atoms with Crippen LogP contribution in [-0.4, -0.2) is 29.9 Å². The predicted molar refractivity (Wildman–Crippen MR) is 60.2 cm³/mol. The van der Waals surface area contributed by atoms with Gasteiger partial charge in [0.15, 0.2) is 0 Å². The molecular weight excluding hydrogens is 188 g/mol. The highest BCUT2D eigenvalue weighted by Crippen LogP contribution is 2.39. The van der Waals surface area contributed by atoms with E-state index in [9.17, 15) is 4.79 Å². The van der Waals surface area contributed by atoms with E-state index >= 15 is 0 Å². The van der Waals surface area contributed by atoms with Crippen molar-refractivity contribution in [3.63, 3.8) is 0 Å². The van der Waals surface area contributed by atoms with Crippen LogP contribution in [0.25, 0.3) is 0 Å². The van der Waals surface area contributed by atoms with Crippen molar-refractivity contribution in [2.45, 2.75) is 39.2 Å². The largest absolute Gasteiger partial charge is 0.342 e. The lowest BCUT2D eigenvalue weighted by molar-refractivity contribution is -0.134. The molecule has 2 N–H and O–H groups in total. The van der Waals surface area contributed by atoms with Gasteiger partial charge in [0, 0.05) is 25.0 Å². The fourth-order valence-corrected chi connectivity index (χ4v) is 2.55. The van der Waals surface area contributed by atoms with Crippen molar-refractivity contribution in [2.75, 3.05) is 13.1 Å². The molecule has 2 rings (SSSR count). The van der Waals surface area contributed by atoms with Crippen LogP contribution in [0.1, 0.15) is 33.1 Å². The van der Waals surface area contributed by atoms with Gasteiger partial charge >= 0.3 is 0 Å². The Balaban J connectivity index is 1.80. The highest BCUT2D eigenvalue weighted by molar-refractivity contribution is 5.81. The molecule has 3 atom stereocenters. The van der Waals surface area contributed by atoms with E-state index in [1.165, 1.54) is 0 Å². The maximum atomic E-state index is 11.9. The van der Waals surface area contributed by atoms with Crippen molar-refractivity contribution in [2.24, 2.45) is 23.5 Å². The van der Waals surface area contributed by atoms with Gasteiger partial charge in [0.25, 0.3) is 0 Å². The number of piperidine rings is 1. The summed E-state index contributed by atoms with van der Waals surface area (Å²) in [6, 6.07) is 0.280. The third kappa shape index (κ3) is 2.33. The lowest BCUT2D eigenvalue weighted by Gasteiger charge is -2.33. The highest BCUT2D eigenvalue weighted by atomic mass is 16.2. The van der Waals surface area contributed by atoms with Gasteiger partial charge in [0.1, 0.15) is 0 Å². The maximum absolute atomic E-state index is 11.9. The summed E-state index contributed by atoms with van der Waals surface area (Å²) < 4.78 is 0. The Kier molecular flexibility index (Phi) is 3.01. The van der Waals surface area contributed by atoms with E-state index in [1.54, 1.807) is 0 Å². The minimum absolute atomic E-state index is 0.280. The number of carbonyl (C=O) groups excluding carboxylic acids is 1. The van der Waals surface area contributed by atoms with Gasteiger partial charge < -0.3 is 10.6 Å². The van der Waals surface area contributed by atoms with Gasteiger partial charge in [-0.1, -0.05) is 6.92 Å². The smallest absolute Gasteiger partial charge is 0.225 e. The number of likely N-dealkylation sites (tertiary alicyclic amines) is 1. The lowest BCUT2D eigenvalue weighted by atomic mass is 9.91. The molecule has 1 heterocycles.